The summed E-state index contributed by atoms with van der Waals surface area (Å²) in [5.74, 6) is -2.00. The van der Waals surface area contributed by atoms with Crippen LogP contribution in [-0.2, 0) is 6.18 Å². The Kier molecular flexibility index (Phi) is 5.41. The van der Waals surface area contributed by atoms with Crippen molar-refractivity contribution >= 4 is 5.91 Å². The summed E-state index contributed by atoms with van der Waals surface area (Å²) < 4.78 is 36.2. The van der Waals surface area contributed by atoms with Crippen molar-refractivity contribution in [3.8, 4) is 0 Å². The molecular weight excluding hydrogens is 223 g/mol. The minimum Gasteiger partial charge on any atom is -0.354 e. The Bertz CT molecular complexity index is 352. The Morgan fingerprint density at radius 1 is 1.38 bits per heavy atom. The van der Waals surface area contributed by atoms with Gasteiger partial charge in [-0.1, -0.05) is 13.8 Å². The molecule has 0 unspecified atom stereocenters. The first-order valence-electron chi connectivity index (χ1n) is 4.57. The molecule has 7 heteroatoms. The van der Waals surface area contributed by atoms with Crippen LogP contribution >= 0.6 is 0 Å². The lowest BCUT2D eigenvalue weighted by molar-refractivity contribution is -0.145. The summed E-state index contributed by atoms with van der Waals surface area (Å²) >= 11 is 0. The van der Waals surface area contributed by atoms with Crippen molar-refractivity contribution in [2.45, 2.75) is 20.0 Å². The number of hydrogen-bond acceptors (Lipinski definition) is 3. The van der Waals surface area contributed by atoms with Crippen molar-refractivity contribution in [1.29, 1.82) is 0 Å². The molecule has 16 heavy (non-hydrogen) atoms. The largest absolute Gasteiger partial charge is 0.451 e. The minimum atomic E-state index is -4.63. The topological polar surface area (TPSA) is 54.9 Å². The van der Waals surface area contributed by atoms with Gasteiger partial charge >= 0.3 is 6.18 Å². The highest BCUT2D eigenvalue weighted by Crippen LogP contribution is 2.25. The first-order valence-corrected chi connectivity index (χ1v) is 4.57. The van der Waals surface area contributed by atoms with Crippen LogP contribution in [0.4, 0.5) is 13.2 Å². The normalized spacial score (nSPS) is 10.1. The van der Waals surface area contributed by atoms with Crippen molar-refractivity contribution in [2.24, 2.45) is 0 Å². The highest BCUT2D eigenvalue weighted by atomic mass is 19.4. The van der Waals surface area contributed by atoms with E-state index in [1.165, 1.54) is 7.05 Å². The van der Waals surface area contributed by atoms with Gasteiger partial charge in [-0.3, -0.25) is 4.79 Å². The molecule has 90 valence electrons. The second-order valence-corrected chi connectivity index (χ2v) is 2.34. The minimum absolute atomic E-state index is 0.310. The predicted octanol–water partition coefficient (Wildman–Crippen LogP) is 1.88. The van der Waals surface area contributed by atoms with Gasteiger partial charge < -0.3 is 5.32 Å². The van der Waals surface area contributed by atoms with Crippen molar-refractivity contribution in [3.63, 3.8) is 0 Å². The van der Waals surface area contributed by atoms with E-state index in [0.717, 1.165) is 12.3 Å². The number of halogens is 3. The Morgan fingerprint density at radius 3 is 2.38 bits per heavy atom. The molecule has 0 spiro atoms. The molecule has 0 fully saturated rings. The van der Waals surface area contributed by atoms with Crippen molar-refractivity contribution in [3.05, 3.63) is 23.8 Å². The van der Waals surface area contributed by atoms with E-state index in [-0.39, 0.29) is 5.69 Å². The molecule has 0 aromatic carbocycles. The van der Waals surface area contributed by atoms with Gasteiger partial charge in [-0.2, -0.15) is 13.2 Å². The van der Waals surface area contributed by atoms with Gasteiger partial charge in [0.25, 0.3) is 5.91 Å². The lowest BCUT2D eigenvalue weighted by Gasteiger charge is -2.05. The average Bonchev–Trinajstić information content (AvgIpc) is 2.30. The molecule has 0 aliphatic rings. The zero-order valence-electron chi connectivity index (χ0n) is 9.09. The molecular formula is C9H12F3N3O. The fourth-order valence-electron chi connectivity index (χ4n) is 0.750. The Labute approximate surface area is 90.9 Å². The number of hydrogen-bond donors (Lipinski definition) is 1. The van der Waals surface area contributed by atoms with E-state index in [0.29, 0.717) is 0 Å². The van der Waals surface area contributed by atoms with Crippen LogP contribution < -0.4 is 5.32 Å². The molecule has 1 amide bonds. The maximum atomic E-state index is 12.1. The van der Waals surface area contributed by atoms with Gasteiger partial charge in [0.15, 0.2) is 0 Å². The highest BCUT2D eigenvalue weighted by molar-refractivity contribution is 5.91. The molecule has 1 heterocycles. The summed E-state index contributed by atoms with van der Waals surface area (Å²) in [6.07, 6.45) is -3.75. The lowest BCUT2D eigenvalue weighted by atomic mass is 10.4. The van der Waals surface area contributed by atoms with Gasteiger partial charge in [-0.15, -0.1) is 0 Å². The van der Waals surface area contributed by atoms with E-state index in [9.17, 15) is 18.0 Å². The summed E-state index contributed by atoms with van der Waals surface area (Å²) in [4.78, 5) is 17.0. The van der Waals surface area contributed by atoms with Crippen molar-refractivity contribution in [2.75, 3.05) is 7.05 Å². The number of carbonyl (C=O) groups excluding carboxylic acids is 1. The highest BCUT2D eigenvalue weighted by Gasteiger charge is 2.34. The molecule has 4 nitrogen and oxygen atoms in total. The zero-order chi connectivity index (χ0) is 12.8. The quantitative estimate of drug-likeness (QED) is 0.808. The zero-order valence-corrected chi connectivity index (χ0v) is 9.09. The van der Waals surface area contributed by atoms with Crippen LogP contribution in [0.5, 0.6) is 0 Å². The summed E-state index contributed by atoms with van der Waals surface area (Å²) in [5, 5.41) is 2.16. The van der Waals surface area contributed by atoms with E-state index < -0.39 is 17.9 Å². The molecule has 0 radical (unpaired) electrons. The molecule has 0 atom stereocenters. The number of alkyl halides is 3. The summed E-state index contributed by atoms with van der Waals surface area (Å²) in [6.45, 7) is 4.00. The predicted molar refractivity (Wildman–Crippen MR) is 51.8 cm³/mol. The monoisotopic (exact) mass is 235 g/mol. The maximum absolute atomic E-state index is 12.1. The van der Waals surface area contributed by atoms with Crippen LogP contribution in [0.3, 0.4) is 0 Å². The Morgan fingerprint density at radius 2 is 1.94 bits per heavy atom. The molecule has 1 aromatic rings. The maximum Gasteiger partial charge on any atom is 0.451 e. The summed E-state index contributed by atoms with van der Waals surface area (Å²) in [5.41, 5.74) is -0.310. The summed E-state index contributed by atoms with van der Waals surface area (Å²) in [7, 11) is 1.30. The van der Waals surface area contributed by atoms with E-state index in [4.69, 9.17) is 0 Å². The van der Waals surface area contributed by atoms with Crippen LogP contribution in [0.25, 0.3) is 0 Å². The van der Waals surface area contributed by atoms with Crippen LogP contribution in [0.15, 0.2) is 12.3 Å². The van der Waals surface area contributed by atoms with Gasteiger partial charge in [0.05, 0.1) is 0 Å². The third-order valence-electron chi connectivity index (χ3n) is 1.37. The van der Waals surface area contributed by atoms with E-state index >= 15 is 0 Å². The fourth-order valence-corrected chi connectivity index (χ4v) is 0.750. The van der Waals surface area contributed by atoms with Gasteiger partial charge in [0, 0.05) is 13.2 Å². The van der Waals surface area contributed by atoms with E-state index in [1.54, 1.807) is 0 Å². The van der Waals surface area contributed by atoms with Crippen molar-refractivity contribution < 1.29 is 18.0 Å². The lowest BCUT2D eigenvalue weighted by Crippen LogP contribution is -2.21. The fraction of sp³-hybridized carbons (Fsp3) is 0.444. The van der Waals surface area contributed by atoms with Crippen molar-refractivity contribution in [1.82, 2.24) is 15.3 Å². The molecule has 0 aliphatic carbocycles. The molecule has 0 bridgehead atoms. The van der Waals surface area contributed by atoms with Gasteiger partial charge in [-0.05, 0) is 6.07 Å². The Balaban J connectivity index is 0.00000106. The number of rotatable bonds is 1. The average molecular weight is 235 g/mol. The molecule has 0 saturated heterocycles. The second kappa shape index (κ2) is 6.04. The molecule has 1 N–H and O–H groups in total. The standard InChI is InChI=1S/C7H6F3N3O.C2H6/c1-11-5(14)4-2-3-12-6(13-4)7(8,9)10;1-2/h2-3H,1H3,(H,11,14);1-2H3. The van der Waals surface area contributed by atoms with Gasteiger partial charge in [0.2, 0.25) is 5.82 Å². The van der Waals surface area contributed by atoms with E-state index in [2.05, 4.69) is 15.3 Å². The third kappa shape index (κ3) is 3.84. The Hall–Kier alpha value is -1.66. The molecule has 1 rings (SSSR count). The number of nitrogens with zero attached hydrogens (tertiary/aromatic N) is 2. The third-order valence-corrected chi connectivity index (χ3v) is 1.37. The SMILES string of the molecule is CC.CNC(=O)c1ccnc(C(F)(F)F)n1. The molecule has 1 aromatic heterocycles. The number of carbonyl (C=O) groups is 1. The first-order chi connectivity index (χ1) is 7.45. The number of nitrogens with one attached hydrogen (secondary N) is 1. The smallest absolute Gasteiger partial charge is 0.354 e. The number of aromatic nitrogens is 2. The van der Waals surface area contributed by atoms with Gasteiger partial charge in [-0.25, -0.2) is 9.97 Å². The van der Waals surface area contributed by atoms with Crippen LogP contribution in [0, 0.1) is 0 Å². The second-order valence-electron chi connectivity index (χ2n) is 2.34. The van der Waals surface area contributed by atoms with Crippen LogP contribution in [-0.4, -0.2) is 22.9 Å². The van der Waals surface area contributed by atoms with E-state index in [1.807, 2.05) is 13.8 Å². The van der Waals surface area contributed by atoms with Crippen LogP contribution in [0.2, 0.25) is 0 Å². The van der Waals surface area contributed by atoms with Crippen LogP contribution in [0.1, 0.15) is 30.2 Å². The molecule has 0 saturated carbocycles. The number of amides is 1. The molecule has 0 aliphatic heterocycles. The van der Waals surface area contributed by atoms with Gasteiger partial charge in [0.1, 0.15) is 5.69 Å². The summed E-state index contributed by atoms with van der Waals surface area (Å²) in [6, 6.07) is 1.11. The first kappa shape index (κ1) is 14.3.